The Morgan fingerprint density at radius 3 is 2.89 bits per heavy atom. The van der Waals surface area contributed by atoms with Crippen molar-refractivity contribution in [1.82, 2.24) is 24.5 Å². The molecule has 1 fully saturated rings. The van der Waals surface area contributed by atoms with Crippen molar-refractivity contribution in [3.63, 3.8) is 0 Å². The zero-order valence-corrected chi connectivity index (χ0v) is 9.42. The summed E-state index contributed by atoms with van der Waals surface area (Å²) in [5.74, 6) is 0. The number of aliphatic hydroxyl groups excluding tert-OH is 2. The van der Waals surface area contributed by atoms with Crippen molar-refractivity contribution in [3.8, 4) is 0 Å². The summed E-state index contributed by atoms with van der Waals surface area (Å²) in [4.78, 5) is 25.6. The first-order valence-corrected chi connectivity index (χ1v) is 5.67. The summed E-state index contributed by atoms with van der Waals surface area (Å²) in [6.45, 7) is 0.105. The number of hydrogen-bond donors (Lipinski definition) is 3. The molecule has 3 N–H and O–H groups in total. The number of H-pyrrole nitrogens is 1. The highest BCUT2D eigenvalue weighted by Crippen LogP contribution is 2.33. The molecular weight excluding hydrogens is 258 g/mol. The molecule has 4 rings (SSSR count). The quantitative estimate of drug-likeness (QED) is 0.460. The smallest absolute Gasteiger partial charge is 0.332 e. The molecule has 2 bridgehead atoms. The van der Waals surface area contributed by atoms with E-state index in [2.05, 4.69) is 15.3 Å². The van der Waals surface area contributed by atoms with Crippen molar-refractivity contribution in [2.75, 3.05) is 0 Å². The van der Waals surface area contributed by atoms with Gasteiger partial charge in [-0.2, -0.15) is 0 Å². The molecule has 0 amide bonds. The third kappa shape index (κ3) is 1.20. The van der Waals surface area contributed by atoms with Gasteiger partial charge < -0.3 is 14.9 Å². The first-order chi connectivity index (χ1) is 9.08. The fourth-order valence-electron chi connectivity index (χ4n) is 2.63. The molecule has 10 nitrogen and oxygen atoms in total. The lowest BCUT2D eigenvalue weighted by Crippen LogP contribution is -2.40. The van der Waals surface area contributed by atoms with Crippen LogP contribution < -0.4 is 11.2 Å². The average Bonchev–Trinajstić information content (AvgIpc) is 2.82. The first kappa shape index (κ1) is 10.8. The number of ether oxygens (including phenoxy) is 1. The zero-order chi connectivity index (χ0) is 13.3. The fraction of sp³-hybridized carbons (Fsp3) is 0.556. The topological polar surface area (TPSA) is 135 Å². The van der Waals surface area contributed by atoms with E-state index in [4.69, 9.17) is 4.74 Å². The summed E-state index contributed by atoms with van der Waals surface area (Å²) >= 11 is 0. The molecule has 0 aliphatic carbocycles. The van der Waals surface area contributed by atoms with Crippen molar-refractivity contribution >= 4 is 11.2 Å². The Hall–Kier alpha value is -2.04. The molecule has 1 unspecified atom stereocenters. The highest BCUT2D eigenvalue weighted by atomic mass is 16.6. The van der Waals surface area contributed by atoms with Gasteiger partial charge in [0.05, 0.1) is 6.54 Å². The van der Waals surface area contributed by atoms with Gasteiger partial charge in [0.15, 0.2) is 17.4 Å². The van der Waals surface area contributed by atoms with Gasteiger partial charge in [0, 0.05) is 0 Å². The van der Waals surface area contributed by atoms with Gasteiger partial charge in [-0.15, -0.1) is 5.10 Å². The lowest BCUT2D eigenvalue weighted by molar-refractivity contribution is -0.0358. The van der Waals surface area contributed by atoms with Gasteiger partial charge >= 0.3 is 5.69 Å². The molecule has 1 saturated heterocycles. The molecule has 2 aromatic rings. The van der Waals surface area contributed by atoms with E-state index in [0.29, 0.717) is 0 Å². The van der Waals surface area contributed by atoms with E-state index < -0.39 is 35.8 Å². The molecule has 4 atom stereocenters. The second-order valence-corrected chi connectivity index (χ2v) is 4.62. The monoisotopic (exact) mass is 267 g/mol. The van der Waals surface area contributed by atoms with Gasteiger partial charge in [-0.25, -0.2) is 14.0 Å². The van der Waals surface area contributed by atoms with E-state index in [9.17, 15) is 19.8 Å². The Morgan fingerprint density at radius 1 is 1.32 bits per heavy atom. The van der Waals surface area contributed by atoms with Crippen molar-refractivity contribution in [1.29, 1.82) is 0 Å². The molecule has 100 valence electrons. The fourth-order valence-corrected chi connectivity index (χ4v) is 2.63. The van der Waals surface area contributed by atoms with Gasteiger partial charge in [0.2, 0.25) is 0 Å². The number of fused-ring (bicyclic) bond motifs is 3. The van der Waals surface area contributed by atoms with E-state index in [1.54, 1.807) is 0 Å². The number of nitrogens with one attached hydrogen (secondary N) is 1. The van der Waals surface area contributed by atoms with E-state index >= 15 is 0 Å². The van der Waals surface area contributed by atoms with Crippen LogP contribution in [0.4, 0.5) is 0 Å². The number of aromatic nitrogens is 5. The predicted octanol–water partition coefficient (Wildman–Crippen LogP) is -3.09. The Balaban J connectivity index is 2.14. The summed E-state index contributed by atoms with van der Waals surface area (Å²) in [5, 5.41) is 27.2. The lowest BCUT2D eigenvalue weighted by atomic mass is 10.1. The highest BCUT2D eigenvalue weighted by molar-refractivity contribution is 5.68. The maximum Gasteiger partial charge on any atom is 0.332 e. The van der Waals surface area contributed by atoms with Crippen LogP contribution >= 0.6 is 0 Å². The standard InChI is InChI=1S/C9H9N5O5/c15-4-2-1-13-7-3(11-12-13)6(17)10-9(18)14(7)8(19-2)5(4)16/h2,4-5,8,15-16H,1H2,(H,10,17,18)/t2-,4+,5?,8-/m1/s1. The molecule has 0 aromatic carbocycles. The molecule has 19 heavy (non-hydrogen) atoms. The van der Waals surface area contributed by atoms with Gasteiger partial charge in [0.25, 0.3) is 5.56 Å². The van der Waals surface area contributed by atoms with Crippen LogP contribution in [0.2, 0.25) is 0 Å². The van der Waals surface area contributed by atoms with Gasteiger partial charge in [-0.1, -0.05) is 5.21 Å². The molecule has 0 radical (unpaired) electrons. The summed E-state index contributed by atoms with van der Waals surface area (Å²) in [5.41, 5.74) is -1.19. The second-order valence-electron chi connectivity index (χ2n) is 4.62. The molecule has 2 aliphatic rings. The predicted molar refractivity (Wildman–Crippen MR) is 58.3 cm³/mol. The lowest BCUT2D eigenvalue weighted by Gasteiger charge is -2.18. The molecule has 4 heterocycles. The molecule has 2 aliphatic heterocycles. The molecule has 0 saturated carbocycles. The molecule has 2 aromatic heterocycles. The van der Waals surface area contributed by atoms with Crippen LogP contribution in [0.5, 0.6) is 0 Å². The summed E-state index contributed by atoms with van der Waals surface area (Å²) in [7, 11) is 0. The second kappa shape index (κ2) is 3.29. The summed E-state index contributed by atoms with van der Waals surface area (Å²) in [6, 6.07) is 0. The number of aliphatic hydroxyl groups is 2. The minimum absolute atomic E-state index is 0.00237. The first-order valence-electron chi connectivity index (χ1n) is 5.67. The van der Waals surface area contributed by atoms with Crippen LogP contribution in [-0.2, 0) is 11.3 Å². The van der Waals surface area contributed by atoms with Crippen LogP contribution in [0, 0.1) is 0 Å². The Bertz CT molecular complexity index is 790. The third-order valence-electron chi connectivity index (χ3n) is 3.54. The number of aromatic amines is 1. The van der Waals surface area contributed by atoms with Crippen molar-refractivity contribution in [2.45, 2.75) is 31.1 Å². The number of nitrogens with zero attached hydrogens (tertiary/aromatic N) is 4. The zero-order valence-electron chi connectivity index (χ0n) is 9.42. The van der Waals surface area contributed by atoms with Gasteiger partial charge in [-0.05, 0) is 0 Å². The van der Waals surface area contributed by atoms with Crippen molar-refractivity contribution < 1.29 is 14.9 Å². The minimum Gasteiger partial charge on any atom is -0.387 e. The van der Waals surface area contributed by atoms with Crippen LogP contribution in [-0.4, -0.2) is 53.1 Å². The number of hydrogen-bond acceptors (Lipinski definition) is 7. The van der Waals surface area contributed by atoms with Crippen molar-refractivity contribution in [3.05, 3.63) is 20.8 Å². The van der Waals surface area contributed by atoms with E-state index in [1.807, 2.05) is 0 Å². The highest BCUT2D eigenvalue weighted by Gasteiger charge is 2.47. The maximum absolute atomic E-state index is 11.9. The molecular formula is C9H9N5O5. The minimum atomic E-state index is -1.25. The van der Waals surface area contributed by atoms with Crippen molar-refractivity contribution in [2.24, 2.45) is 0 Å². The molecule has 0 spiro atoms. The van der Waals surface area contributed by atoms with Crippen LogP contribution in [0.15, 0.2) is 9.59 Å². The third-order valence-corrected chi connectivity index (χ3v) is 3.54. The Labute approximate surface area is 103 Å². The summed E-state index contributed by atoms with van der Waals surface area (Å²) < 4.78 is 7.84. The SMILES string of the molecule is O=c1[nH]c(=O)n2c3c1nnn3C[C@H]1O[C@@H]2C(O)[C@H]1O. The van der Waals surface area contributed by atoms with Crippen LogP contribution in [0.1, 0.15) is 6.23 Å². The van der Waals surface area contributed by atoms with Gasteiger partial charge in [0.1, 0.15) is 18.3 Å². The Kier molecular flexibility index (Phi) is 1.88. The van der Waals surface area contributed by atoms with Crippen LogP contribution in [0.3, 0.4) is 0 Å². The molecule has 10 heteroatoms. The van der Waals surface area contributed by atoms with E-state index in [0.717, 1.165) is 4.57 Å². The van der Waals surface area contributed by atoms with Gasteiger partial charge in [-0.3, -0.25) is 9.78 Å². The maximum atomic E-state index is 11.9. The number of rotatable bonds is 0. The van der Waals surface area contributed by atoms with Crippen LogP contribution in [0.25, 0.3) is 11.2 Å². The normalized spacial score (nSPS) is 32.7. The largest absolute Gasteiger partial charge is 0.387 e. The van der Waals surface area contributed by atoms with E-state index in [-0.39, 0.29) is 17.7 Å². The van der Waals surface area contributed by atoms with E-state index in [1.165, 1.54) is 4.68 Å². The Morgan fingerprint density at radius 2 is 2.11 bits per heavy atom. The average molecular weight is 267 g/mol. The summed E-state index contributed by atoms with van der Waals surface area (Å²) in [6.07, 6.45) is -4.15.